The molecule has 22 heavy (non-hydrogen) atoms. The Balaban J connectivity index is 1.61. The molecule has 1 saturated heterocycles. The quantitative estimate of drug-likeness (QED) is 0.940. The number of β-amino-alcohol motifs (C(OH)–C–C–N with tert-alkyl or cyclic N) is 1. The summed E-state index contributed by atoms with van der Waals surface area (Å²) in [6, 6.07) is 6.00. The van der Waals surface area contributed by atoms with Crippen LogP contribution in [0.15, 0.2) is 28.8 Å². The number of nitrogens with zero attached hydrogens (tertiary/aromatic N) is 3. The van der Waals surface area contributed by atoms with Gasteiger partial charge in [-0.25, -0.2) is 4.39 Å². The van der Waals surface area contributed by atoms with Gasteiger partial charge >= 0.3 is 0 Å². The molecule has 118 valence electrons. The lowest BCUT2D eigenvalue weighted by Gasteiger charge is -2.32. The molecule has 0 saturated carbocycles. The van der Waals surface area contributed by atoms with Gasteiger partial charge < -0.3 is 9.63 Å². The van der Waals surface area contributed by atoms with Crippen LogP contribution >= 0.6 is 0 Å². The predicted molar refractivity (Wildman–Crippen MR) is 78.8 cm³/mol. The van der Waals surface area contributed by atoms with Crippen molar-refractivity contribution in [1.29, 1.82) is 0 Å². The van der Waals surface area contributed by atoms with Gasteiger partial charge in [-0.15, -0.1) is 0 Å². The van der Waals surface area contributed by atoms with E-state index in [-0.39, 0.29) is 11.7 Å². The molecule has 1 fully saturated rings. The van der Waals surface area contributed by atoms with Crippen LogP contribution < -0.4 is 0 Å². The SMILES string of the molecule is Cc1noc([C@@H]2CCCN(C[C@H](O)c3ccc(F)cc3)C2)n1. The fourth-order valence-electron chi connectivity index (χ4n) is 2.94. The highest BCUT2D eigenvalue weighted by atomic mass is 19.1. The van der Waals surface area contributed by atoms with Crippen LogP contribution in [0, 0.1) is 12.7 Å². The topological polar surface area (TPSA) is 62.4 Å². The zero-order valence-corrected chi connectivity index (χ0v) is 12.6. The molecule has 6 heteroatoms. The third-order valence-electron chi connectivity index (χ3n) is 4.08. The molecule has 0 spiro atoms. The zero-order valence-electron chi connectivity index (χ0n) is 12.6. The van der Waals surface area contributed by atoms with E-state index in [0.717, 1.165) is 31.5 Å². The molecule has 0 amide bonds. The first-order valence-electron chi connectivity index (χ1n) is 7.58. The number of aryl methyl sites for hydroxylation is 1. The van der Waals surface area contributed by atoms with E-state index in [9.17, 15) is 9.50 Å². The van der Waals surface area contributed by atoms with Gasteiger partial charge in [0.15, 0.2) is 5.82 Å². The van der Waals surface area contributed by atoms with Crippen molar-refractivity contribution in [1.82, 2.24) is 15.0 Å². The maximum absolute atomic E-state index is 12.9. The fraction of sp³-hybridized carbons (Fsp3) is 0.500. The van der Waals surface area contributed by atoms with Crippen LogP contribution in [0.1, 0.15) is 42.1 Å². The molecule has 0 aliphatic carbocycles. The number of aliphatic hydroxyl groups is 1. The van der Waals surface area contributed by atoms with Gasteiger partial charge in [-0.3, -0.25) is 4.90 Å². The molecule has 1 aromatic carbocycles. The third-order valence-corrected chi connectivity index (χ3v) is 4.08. The molecule has 5 nitrogen and oxygen atoms in total. The van der Waals surface area contributed by atoms with Crippen molar-refractivity contribution >= 4 is 0 Å². The molecule has 1 aliphatic rings. The van der Waals surface area contributed by atoms with Crippen LogP contribution in [0.4, 0.5) is 4.39 Å². The number of hydrogen-bond acceptors (Lipinski definition) is 5. The van der Waals surface area contributed by atoms with Crippen molar-refractivity contribution in [3.8, 4) is 0 Å². The van der Waals surface area contributed by atoms with Gasteiger partial charge in [0.25, 0.3) is 0 Å². The third kappa shape index (κ3) is 3.51. The standard InChI is InChI=1S/C16H20FN3O2/c1-11-18-16(22-19-11)13-3-2-8-20(9-13)10-15(21)12-4-6-14(17)7-5-12/h4-7,13,15,21H,2-3,8-10H2,1H3/t13-,15+/m1/s1. The Morgan fingerprint density at radius 1 is 1.41 bits per heavy atom. The van der Waals surface area contributed by atoms with Gasteiger partial charge in [-0.05, 0) is 44.0 Å². The van der Waals surface area contributed by atoms with E-state index < -0.39 is 6.10 Å². The Morgan fingerprint density at radius 2 is 2.18 bits per heavy atom. The highest BCUT2D eigenvalue weighted by Gasteiger charge is 2.26. The largest absolute Gasteiger partial charge is 0.387 e. The number of hydrogen-bond donors (Lipinski definition) is 1. The summed E-state index contributed by atoms with van der Waals surface area (Å²) in [5.41, 5.74) is 0.733. The van der Waals surface area contributed by atoms with Gasteiger partial charge in [0.1, 0.15) is 5.82 Å². The molecular formula is C16H20FN3O2. The van der Waals surface area contributed by atoms with Crippen LogP contribution in [0.2, 0.25) is 0 Å². The van der Waals surface area contributed by atoms with Crippen molar-refractivity contribution in [2.24, 2.45) is 0 Å². The van der Waals surface area contributed by atoms with Gasteiger partial charge in [0.2, 0.25) is 5.89 Å². The number of aromatic nitrogens is 2. The first-order chi connectivity index (χ1) is 10.6. The van der Waals surface area contributed by atoms with Gasteiger partial charge in [-0.2, -0.15) is 4.98 Å². The van der Waals surface area contributed by atoms with Crippen LogP contribution in [-0.2, 0) is 0 Å². The maximum Gasteiger partial charge on any atom is 0.231 e. The lowest BCUT2D eigenvalue weighted by molar-refractivity contribution is 0.0910. The second kappa shape index (κ2) is 6.54. The first-order valence-corrected chi connectivity index (χ1v) is 7.58. The molecule has 2 heterocycles. The molecule has 0 bridgehead atoms. The lowest BCUT2D eigenvalue weighted by atomic mass is 9.97. The van der Waals surface area contributed by atoms with Crippen molar-refractivity contribution in [3.63, 3.8) is 0 Å². The van der Waals surface area contributed by atoms with Crippen LogP contribution in [0.5, 0.6) is 0 Å². The number of piperidine rings is 1. The Labute approximate surface area is 128 Å². The predicted octanol–water partition coefficient (Wildman–Crippen LogP) is 2.43. The highest BCUT2D eigenvalue weighted by molar-refractivity contribution is 5.18. The molecule has 1 aromatic heterocycles. The molecule has 2 atom stereocenters. The minimum atomic E-state index is -0.622. The lowest BCUT2D eigenvalue weighted by Crippen LogP contribution is -2.37. The average molecular weight is 305 g/mol. The summed E-state index contributed by atoms with van der Waals surface area (Å²) >= 11 is 0. The smallest absolute Gasteiger partial charge is 0.231 e. The normalized spacial score (nSPS) is 21.0. The minimum absolute atomic E-state index is 0.218. The van der Waals surface area contributed by atoms with E-state index in [2.05, 4.69) is 15.0 Å². The molecule has 2 aromatic rings. The van der Waals surface area contributed by atoms with Crippen molar-refractivity contribution < 1.29 is 14.0 Å². The first kappa shape index (κ1) is 15.1. The van der Waals surface area contributed by atoms with Gasteiger partial charge in [-0.1, -0.05) is 17.3 Å². The van der Waals surface area contributed by atoms with E-state index in [1.54, 1.807) is 12.1 Å². The Kier molecular flexibility index (Phi) is 4.49. The Hall–Kier alpha value is -1.79. The van der Waals surface area contributed by atoms with E-state index in [1.165, 1.54) is 12.1 Å². The Bertz CT molecular complexity index is 614. The molecule has 1 aliphatic heterocycles. The van der Waals surface area contributed by atoms with E-state index in [0.29, 0.717) is 18.3 Å². The van der Waals surface area contributed by atoms with E-state index >= 15 is 0 Å². The van der Waals surface area contributed by atoms with Crippen molar-refractivity contribution in [2.75, 3.05) is 19.6 Å². The van der Waals surface area contributed by atoms with Crippen molar-refractivity contribution in [3.05, 3.63) is 47.4 Å². The van der Waals surface area contributed by atoms with E-state index in [4.69, 9.17) is 4.52 Å². The molecule has 1 N–H and O–H groups in total. The molecule has 0 radical (unpaired) electrons. The van der Waals surface area contributed by atoms with Gasteiger partial charge in [0.05, 0.1) is 12.0 Å². The molecule has 3 rings (SSSR count). The van der Waals surface area contributed by atoms with E-state index in [1.807, 2.05) is 6.92 Å². The summed E-state index contributed by atoms with van der Waals surface area (Å²) in [4.78, 5) is 6.50. The average Bonchev–Trinajstić information content (AvgIpc) is 2.95. The summed E-state index contributed by atoms with van der Waals surface area (Å²) < 4.78 is 18.2. The molecular weight excluding hydrogens is 285 g/mol. The maximum atomic E-state index is 12.9. The number of benzene rings is 1. The van der Waals surface area contributed by atoms with Crippen LogP contribution in [0.3, 0.4) is 0 Å². The second-order valence-electron chi connectivity index (χ2n) is 5.85. The fourth-order valence-corrected chi connectivity index (χ4v) is 2.94. The number of halogens is 1. The highest BCUT2D eigenvalue weighted by Crippen LogP contribution is 2.27. The van der Waals surface area contributed by atoms with Crippen molar-refractivity contribution in [2.45, 2.75) is 31.8 Å². The summed E-state index contributed by atoms with van der Waals surface area (Å²) in [6.07, 6.45) is 1.43. The summed E-state index contributed by atoms with van der Waals surface area (Å²) in [5, 5.41) is 14.2. The Morgan fingerprint density at radius 3 is 2.86 bits per heavy atom. The number of aliphatic hydroxyl groups excluding tert-OH is 1. The summed E-state index contributed by atoms with van der Waals surface area (Å²) in [7, 11) is 0. The van der Waals surface area contributed by atoms with Crippen LogP contribution in [0.25, 0.3) is 0 Å². The molecule has 0 unspecified atom stereocenters. The number of likely N-dealkylation sites (tertiary alicyclic amines) is 1. The second-order valence-corrected chi connectivity index (χ2v) is 5.85. The monoisotopic (exact) mass is 305 g/mol. The minimum Gasteiger partial charge on any atom is -0.387 e. The zero-order chi connectivity index (χ0) is 15.5. The summed E-state index contributed by atoms with van der Waals surface area (Å²) in [6.45, 7) is 4.06. The van der Waals surface area contributed by atoms with Crippen LogP contribution in [-0.4, -0.2) is 39.8 Å². The summed E-state index contributed by atoms with van der Waals surface area (Å²) in [5.74, 6) is 1.26. The number of rotatable bonds is 4. The van der Waals surface area contributed by atoms with Gasteiger partial charge in [0, 0.05) is 13.1 Å².